The van der Waals surface area contributed by atoms with Gasteiger partial charge in [0, 0.05) is 32.1 Å². The fourth-order valence-electron chi connectivity index (χ4n) is 6.60. The quantitative estimate of drug-likeness (QED) is 0.299. The van der Waals surface area contributed by atoms with Crippen LogP contribution < -0.4 is 10.0 Å². The van der Waals surface area contributed by atoms with Gasteiger partial charge in [0.1, 0.15) is 18.7 Å². The van der Waals surface area contributed by atoms with Gasteiger partial charge >= 0.3 is 6.09 Å². The van der Waals surface area contributed by atoms with Crippen LogP contribution >= 0.6 is 0 Å². The molecule has 3 aromatic rings. The maximum absolute atomic E-state index is 14.2. The molecule has 250 valence electrons. The first kappa shape index (κ1) is 34.1. The standard InChI is InChI=1S/C36H44N4O6S/c1-47(44,45)38-33(32(29-14-7-3-8-15-29)30-16-9-4-10-17-30)35(42)40-23-11-18-31(40)34(41)37-22-19-27-20-24-39(25-21-27)36(43)46-26-28-12-5-2-6-13-28/h2-10,12-17,27,31-33,38H,11,18-26H2,1H3,(H,37,41)/t31-,33+/m0/s1. The van der Waals surface area contributed by atoms with Crippen LogP contribution in [0.3, 0.4) is 0 Å². The molecule has 2 heterocycles. The summed E-state index contributed by atoms with van der Waals surface area (Å²) in [6, 6.07) is 26.5. The van der Waals surface area contributed by atoms with Crippen molar-refractivity contribution in [2.75, 3.05) is 32.4 Å². The Kier molecular flexibility index (Phi) is 11.7. The molecule has 11 heteroatoms. The third-order valence-electron chi connectivity index (χ3n) is 9.03. The predicted octanol–water partition coefficient (Wildman–Crippen LogP) is 4.28. The monoisotopic (exact) mass is 660 g/mol. The van der Waals surface area contributed by atoms with Crippen LogP contribution in [-0.4, -0.2) is 80.6 Å². The summed E-state index contributed by atoms with van der Waals surface area (Å²) in [6.07, 6.45) is 4.31. The van der Waals surface area contributed by atoms with Crippen LogP contribution in [0.5, 0.6) is 0 Å². The first-order valence-electron chi connectivity index (χ1n) is 16.3. The maximum atomic E-state index is 14.2. The zero-order valence-electron chi connectivity index (χ0n) is 26.8. The summed E-state index contributed by atoms with van der Waals surface area (Å²) in [5.41, 5.74) is 2.54. The van der Waals surface area contributed by atoms with Crippen molar-refractivity contribution in [3.05, 3.63) is 108 Å². The molecule has 2 N–H and O–H groups in total. The lowest BCUT2D eigenvalue weighted by atomic mass is 9.84. The van der Waals surface area contributed by atoms with Crippen molar-refractivity contribution in [2.45, 2.75) is 56.7 Å². The number of ether oxygens (including phenoxy) is 1. The van der Waals surface area contributed by atoms with Crippen molar-refractivity contribution < 1.29 is 27.5 Å². The van der Waals surface area contributed by atoms with E-state index in [2.05, 4.69) is 10.0 Å². The van der Waals surface area contributed by atoms with E-state index in [4.69, 9.17) is 4.74 Å². The van der Waals surface area contributed by atoms with Gasteiger partial charge in [0.15, 0.2) is 0 Å². The molecule has 0 bridgehead atoms. The van der Waals surface area contributed by atoms with Gasteiger partial charge in [-0.1, -0.05) is 91.0 Å². The molecule has 0 aromatic heterocycles. The molecule has 0 radical (unpaired) electrons. The number of hydrogen-bond donors (Lipinski definition) is 2. The van der Waals surface area contributed by atoms with Gasteiger partial charge in [0.05, 0.1) is 6.26 Å². The number of benzene rings is 3. The van der Waals surface area contributed by atoms with Crippen molar-refractivity contribution in [2.24, 2.45) is 5.92 Å². The second-order valence-corrected chi connectivity index (χ2v) is 14.2. The van der Waals surface area contributed by atoms with E-state index in [1.54, 1.807) is 4.90 Å². The first-order valence-corrected chi connectivity index (χ1v) is 18.2. The number of sulfonamides is 1. The highest BCUT2D eigenvalue weighted by Crippen LogP contribution is 2.31. The van der Waals surface area contributed by atoms with Crippen molar-refractivity contribution >= 4 is 27.9 Å². The molecule has 2 aliphatic rings. The molecule has 3 amide bonds. The van der Waals surface area contributed by atoms with Crippen LogP contribution in [0.15, 0.2) is 91.0 Å². The summed E-state index contributed by atoms with van der Waals surface area (Å²) in [6.45, 7) is 2.29. The van der Waals surface area contributed by atoms with E-state index < -0.39 is 33.9 Å². The average Bonchev–Trinajstić information content (AvgIpc) is 3.58. The summed E-state index contributed by atoms with van der Waals surface area (Å²) in [4.78, 5) is 43.5. The van der Waals surface area contributed by atoms with Crippen LogP contribution in [0.1, 0.15) is 54.7 Å². The number of nitrogens with zero attached hydrogens (tertiary/aromatic N) is 2. The Morgan fingerprint density at radius 3 is 1.98 bits per heavy atom. The number of carbonyl (C=O) groups excluding carboxylic acids is 3. The largest absolute Gasteiger partial charge is 0.445 e. The highest BCUT2D eigenvalue weighted by molar-refractivity contribution is 7.88. The molecule has 2 fully saturated rings. The first-order chi connectivity index (χ1) is 22.7. The Labute approximate surface area is 277 Å². The summed E-state index contributed by atoms with van der Waals surface area (Å²) in [5, 5.41) is 3.03. The Hall–Kier alpha value is -4.22. The average molecular weight is 661 g/mol. The minimum absolute atomic E-state index is 0.230. The zero-order chi connectivity index (χ0) is 33.2. The van der Waals surface area contributed by atoms with Crippen molar-refractivity contribution in [3.63, 3.8) is 0 Å². The Balaban J connectivity index is 1.17. The molecule has 47 heavy (non-hydrogen) atoms. The van der Waals surface area contributed by atoms with Crippen molar-refractivity contribution in [3.8, 4) is 0 Å². The lowest BCUT2D eigenvalue weighted by Gasteiger charge is -2.33. The van der Waals surface area contributed by atoms with E-state index in [0.29, 0.717) is 44.9 Å². The van der Waals surface area contributed by atoms with E-state index in [1.807, 2.05) is 91.0 Å². The fraction of sp³-hybridized carbons (Fsp3) is 0.417. The smallest absolute Gasteiger partial charge is 0.410 e. The summed E-state index contributed by atoms with van der Waals surface area (Å²) in [5.74, 6) is -0.884. The van der Waals surface area contributed by atoms with Gasteiger partial charge in [-0.2, -0.15) is 0 Å². The molecule has 0 spiro atoms. The van der Waals surface area contributed by atoms with E-state index in [0.717, 1.165) is 42.2 Å². The number of carbonyl (C=O) groups is 3. The van der Waals surface area contributed by atoms with Crippen LogP contribution in [0, 0.1) is 5.92 Å². The highest BCUT2D eigenvalue weighted by Gasteiger charge is 2.42. The summed E-state index contributed by atoms with van der Waals surface area (Å²) in [7, 11) is -3.78. The van der Waals surface area contributed by atoms with Crippen molar-refractivity contribution in [1.29, 1.82) is 0 Å². The van der Waals surface area contributed by atoms with Crippen molar-refractivity contribution in [1.82, 2.24) is 19.8 Å². The molecule has 3 aromatic carbocycles. The number of nitrogens with one attached hydrogen (secondary N) is 2. The molecule has 2 atom stereocenters. The third kappa shape index (κ3) is 9.42. The second kappa shape index (κ2) is 16.1. The molecular weight excluding hydrogens is 616 g/mol. The molecule has 2 aliphatic heterocycles. The number of amides is 3. The lowest BCUT2D eigenvalue weighted by Crippen LogP contribution is -2.55. The van der Waals surface area contributed by atoms with Crippen LogP contribution in [0.2, 0.25) is 0 Å². The van der Waals surface area contributed by atoms with E-state index in [9.17, 15) is 22.8 Å². The Morgan fingerprint density at radius 1 is 0.830 bits per heavy atom. The topological polar surface area (TPSA) is 125 Å². The van der Waals surface area contributed by atoms with Gasteiger partial charge in [0.2, 0.25) is 21.8 Å². The third-order valence-corrected chi connectivity index (χ3v) is 9.71. The van der Waals surface area contributed by atoms with Crippen LogP contribution in [0.25, 0.3) is 0 Å². The molecule has 0 aliphatic carbocycles. The Morgan fingerprint density at radius 2 is 1.40 bits per heavy atom. The number of likely N-dealkylation sites (tertiary alicyclic amines) is 2. The van der Waals surface area contributed by atoms with Gasteiger partial charge in [-0.05, 0) is 54.7 Å². The number of rotatable bonds is 12. The van der Waals surface area contributed by atoms with E-state index in [1.165, 1.54) is 4.90 Å². The van der Waals surface area contributed by atoms with Gasteiger partial charge in [0.25, 0.3) is 0 Å². The van der Waals surface area contributed by atoms with E-state index >= 15 is 0 Å². The van der Waals surface area contributed by atoms with Crippen LogP contribution in [0.4, 0.5) is 4.79 Å². The highest BCUT2D eigenvalue weighted by atomic mass is 32.2. The molecule has 10 nitrogen and oxygen atoms in total. The lowest BCUT2D eigenvalue weighted by molar-refractivity contribution is -0.140. The summed E-state index contributed by atoms with van der Waals surface area (Å²) < 4.78 is 33.3. The van der Waals surface area contributed by atoms with Gasteiger partial charge in [-0.15, -0.1) is 0 Å². The molecular formula is C36H44N4O6S. The predicted molar refractivity (Wildman–Crippen MR) is 180 cm³/mol. The maximum Gasteiger partial charge on any atom is 0.410 e. The zero-order valence-corrected chi connectivity index (χ0v) is 27.6. The normalized spacial score (nSPS) is 17.8. The number of hydrogen-bond acceptors (Lipinski definition) is 6. The van der Waals surface area contributed by atoms with Crippen LogP contribution in [-0.2, 0) is 31.0 Å². The fourth-order valence-corrected chi connectivity index (χ4v) is 7.30. The molecule has 0 saturated carbocycles. The molecule has 5 rings (SSSR count). The minimum Gasteiger partial charge on any atom is -0.445 e. The number of piperidine rings is 1. The van der Waals surface area contributed by atoms with Gasteiger partial charge in [-0.3, -0.25) is 9.59 Å². The Bertz CT molecular complexity index is 1540. The molecule has 0 unspecified atom stereocenters. The summed E-state index contributed by atoms with van der Waals surface area (Å²) >= 11 is 0. The SMILES string of the molecule is CS(=O)(=O)N[C@@H](C(=O)N1CCC[C@H]1C(=O)NCCC1CCN(C(=O)OCc2ccccc2)CC1)C(c1ccccc1)c1ccccc1. The second-order valence-electron chi connectivity index (χ2n) is 12.4. The van der Waals surface area contributed by atoms with E-state index in [-0.39, 0.29) is 18.6 Å². The molecule has 2 saturated heterocycles. The van der Waals surface area contributed by atoms with Gasteiger partial charge in [-0.25, -0.2) is 17.9 Å². The van der Waals surface area contributed by atoms with Gasteiger partial charge < -0.3 is 19.9 Å². The minimum atomic E-state index is -3.78.